The Morgan fingerprint density at radius 1 is 1.19 bits per heavy atom. The van der Waals surface area contributed by atoms with Crippen molar-refractivity contribution in [3.63, 3.8) is 0 Å². The Kier molecular flexibility index (Phi) is 4.70. The van der Waals surface area contributed by atoms with Crippen LogP contribution in [0.15, 0.2) is 53.5 Å². The Morgan fingerprint density at radius 3 is 2.42 bits per heavy atom. The first-order valence-electron chi connectivity index (χ1n) is 7.76. The van der Waals surface area contributed by atoms with Crippen molar-refractivity contribution in [3.8, 4) is 11.4 Å². The van der Waals surface area contributed by atoms with E-state index >= 15 is 0 Å². The van der Waals surface area contributed by atoms with Gasteiger partial charge in [0.1, 0.15) is 11.4 Å². The maximum atomic E-state index is 11.3. The van der Waals surface area contributed by atoms with Crippen LogP contribution in [0.5, 0.6) is 5.75 Å². The third-order valence-electron chi connectivity index (χ3n) is 3.77. The smallest absolute Gasteiger partial charge is 0.438 e. The number of ether oxygens (including phenoxy) is 1. The molecule has 0 unspecified atom stereocenters. The van der Waals surface area contributed by atoms with Crippen molar-refractivity contribution in [2.75, 3.05) is 7.11 Å². The Hall–Kier alpha value is -3.62. The lowest BCUT2D eigenvalue weighted by atomic mass is 10.1. The predicted octanol–water partition coefficient (Wildman–Crippen LogP) is 2.24. The lowest BCUT2D eigenvalue weighted by molar-refractivity contribution is -0.391. The van der Waals surface area contributed by atoms with E-state index < -0.39 is 10.7 Å². The third-order valence-corrected chi connectivity index (χ3v) is 3.77. The van der Waals surface area contributed by atoms with Crippen molar-refractivity contribution in [1.82, 2.24) is 14.7 Å². The molecule has 0 aliphatic carbocycles. The summed E-state index contributed by atoms with van der Waals surface area (Å²) >= 11 is 0. The molecule has 0 atom stereocenters. The van der Waals surface area contributed by atoms with Crippen LogP contribution in [-0.4, -0.2) is 32.0 Å². The highest BCUT2D eigenvalue weighted by Crippen LogP contribution is 2.14. The van der Waals surface area contributed by atoms with Crippen LogP contribution >= 0.6 is 0 Å². The van der Waals surface area contributed by atoms with Gasteiger partial charge in [-0.1, -0.05) is 34.7 Å². The zero-order chi connectivity index (χ0) is 18.7. The number of aryl methyl sites for hydroxylation is 1. The second kappa shape index (κ2) is 7.09. The largest absolute Gasteiger partial charge is 0.497 e. The number of rotatable bonds is 5. The first-order valence-corrected chi connectivity index (χ1v) is 7.76. The summed E-state index contributed by atoms with van der Waals surface area (Å²) in [5.41, 5.74) is 2.16. The van der Waals surface area contributed by atoms with E-state index in [1.54, 1.807) is 24.3 Å². The number of methoxy groups -OCH3 is 1. The van der Waals surface area contributed by atoms with Gasteiger partial charge in [-0.15, -0.1) is 0 Å². The first-order chi connectivity index (χ1) is 12.5. The molecule has 9 nitrogen and oxygen atoms in total. The zero-order valence-corrected chi connectivity index (χ0v) is 14.2. The SMILES string of the molecule is COc1ccc(-n2nc([N+](=O)[O-])c(=NCc3ccc(C)cc3)n2O)cc1. The number of nitrogens with zero attached hydrogens (tertiary/aromatic N) is 5. The van der Waals surface area contributed by atoms with Gasteiger partial charge in [0.15, 0.2) is 0 Å². The Labute approximate surface area is 148 Å². The minimum absolute atomic E-state index is 0.177. The summed E-state index contributed by atoms with van der Waals surface area (Å²) in [5.74, 6) is 0.0830. The van der Waals surface area contributed by atoms with E-state index in [4.69, 9.17) is 4.74 Å². The fourth-order valence-electron chi connectivity index (χ4n) is 2.35. The van der Waals surface area contributed by atoms with Crippen LogP contribution in [0.4, 0.5) is 5.82 Å². The van der Waals surface area contributed by atoms with Gasteiger partial charge in [0, 0.05) is 0 Å². The average Bonchev–Trinajstić information content (AvgIpc) is 2.98. The molecule has 2 aromatic carbocycles. The summed E-state index contributed by atoms with van der Waals surface area (Å²) in [6, 6.07) is 14.1. The fourth-order valence-corrected chi connectivity index (χ4v) is 2.35. The lowest BCUT2D eigenvalue weighted by Crippen LogP contribution is -2.22. The zero-order valence-electron chi connectivity index (χ0n) is 14.2. The quantitative estimate of drug-likeness (QED) is 0.429. The summed E-state index contributed by atoms with van der Waals surface area (Å²) < 4.78 is 5.07. The highest BCUT2D eigenvalue weighted by molar-refractivity contribution is 5.36. The molecule has 0 fully saturated rings. The molecule has 0 amide bonds. The standard InChI is InChI=1S/C17H17N5O4/c1-12-3-5-13(6-4-12)11-18-16-17(22(24)25)19-20(21(16)23)14-7-9-15(26-2)10-8-14/h3-10,23H,11H2,1-2H3. The van der Waals surface area contributed by atoms with Crippen LogP contribution in [0.2, 0.25) is 0 Å². The van der Waals surface area contributed by atoms with Gasteiger partial charge >= 0.3 is 5.82 Å². The number of hydrogen-bond donors (Lipinski definition) is 1. The summed E-state index contributed by atoms with van der Waals surface area (Å²) in [6.45, 7) is 2.14. The van der Waals surface area contributed by atoms with Crippen molar-refractivity contribution in [2.45, 2.75) is 13.5 Å². The molecule has 0 bridgehead atoms. The molecule has 0 radical (unpaired) electrons. The average molecular weight is 355 g/mol. The normalized spacial score (nSPS) is 11.5. The Bertz CT molecular complexity index is 987. The molecule has 1 heterocycles. The van der Waals surface area contributed by atoms with E-state index in [0.717, 1.165) is 15.9 Å². The third kappa shape index (κ3) is 3.41. The van der Waals surface area contributed by atoms with Crippen molar-refractivity contribution in [1.29, 1.82) is 0 Å². The summed E-state index contributed by atoms with van der Waals surface area (Å²) in [7, 11) is 1.53. The number of aromatic nitrogens is 3. The van der Waals surface area contributed by atoms with E-state index in [1.807, 2.05) is 31.2 Å². The first kappa shape index (κ1) is 17.2. The van der Waals surface area contributed by atoms with Crippen LogP contribution in [0.1, 0.15) is 11.1 Å². The fraction of sp³-hybridized carbons (Fsp3) is 0.176. The van der Waals surface area contributed by atoms with E-state index in [0.29, 0.717) is 16.3 Å². The molecule has 3 rings (SSSR count). The molecule has 0 saturated heterocycles. The van der Waals surface area contributed by atoms with Gasteiger partial charge in [-0.25, -0.2) is 0 Å². The minimum Gasteiger partial charge on any atom is -0.497 e. The van der Waals surface area contributed by atoms with Crippen molar-refractivity contribution < 1.29 is 14.9 Å². The molecular weight excluding hydrogens is 338 g/mol. The van der Waals surface area contributed by atoms with Gasteiger partial charge in [-0.3, -0.25) is 4.99 Å². The molecule has 0 spiro atoms. The molecule has 26 heavy (non-hydrogen) atoms. The molecular formula is C17H17N5O4. The topological polar surface area (TPSA) is 108 Å². The molecule has 0 aliphatic rings. The predicted molar refractivity (Wildman–Crippen MR) is 92.4 cm³/mol. The molecule has 1 aromatic heterocycles. The highest BCUT2D eigenvalue weighted by Gasteiger charge is 2.23. The molecule has 134 valence electrons. The van der Waals surface area contributed by atoms with Crippen LogP contribution in [0.25, 0.3) is 5.69 Å². The van der Waals surface area contributed by atoms with E-state index in [1.165, 1.54) is 7.11 Å². The number of hydrogen-bond acceptors (Lipinski definition) is 6. The van der Waals surface area contributed by atoms with Gasteiger partial charge in [0.2, 0.25) is 0 Å². The highest BCUT2D eigenvalue weighted by atomic mass is 16.6. The molecule has 0 saturated carbocycles. The van der Waals surface area contributed by atoms with Crippen molar-refractivity contribution >= 4 is 5.82 Å². The molecule has 1 N–H and O–H groups in total. The second-order valence-corrected chi connectivity index (χ2v) is 5.58. The number of nitro groups is 1. The monoisotopic (exact) mass is 355 g/mol. The Balaban J connectivity index is 2.03. The van der Waals surface area contributed by atoms with Gasteiger partial charge in [-0.2, -0.15) is 0 Å². The van der Waals surface area contributed by atoms with Crippen LogP contribution in [0.3, 0.4) is 0 Å². The summed E-state index contributed by atoms with van der Waals surface area (Å²) in [4.78, 5) is 16.4. The van der Waals surface area contributed by atoms with Crippen LogP contribution in [-0.2, 0) is 6.54 Å². The Morgan fingerprint density at radius 2 is 1.85 bits per heavy atom. The van der Waals surface area contributed by atoms with Crippen LogP contribution < -0.4 is 10.2 Å². The van der Waals surface area contributed by atoms with Crippen LogP contribution in [0, 0.1) is 17.0 Å². The number of benzene rings is 2. The summed E-state index contributed by atoms with van der Waals surface area (Å²) in [5, 5.41) is 25.5. The van der Waals surface area contributed by atoms with E-state index in [-0.39, 0.29) is 12.0 Å². The molecule has 0 aliphatic heterocycles. The van der Waals surface area contributed by atoms with Gasteiger partial charge in [-0.05, 0) is 46.5 Å². The molecule has 9 heteroatoms. The van der Waals surface area contributed by atoms with Gasteiger partial charge in [0.25, 0.3) is 5.49 Å². The van der Waals surface area contributed by atoms with Gasteiger partial charge < -0.3 is 20.1 Å². The van der Waals surface area contributed by atoms with Gasteiger partial charge in [0.05, 0.1) is 18.8 Å². The van der Waals surface area contributed by atoms with Crippen molar-refractivity contribution in [2.24, 2.45) is 4.99 Å². The molecule has 3 aromatic rings. The lowest BCUT2D eigenvalue weighted by Gasteiger charge is -2.02. The van der Waals surface area contributed by atoms with E-state index in [2.05, 4.69) is 10.1 Å². The minimum atomic E-state index is -0.680. The van der Waals surface area contributed by atoms with Crippen molar-refractivity contribution in [3.05, 3.63) is 75.3 Å². The summed E-state index contributed by atoms with van der Waals surface area (Å²) in [6.07, 6.45) is 0. The maximum absolute atomic E-state index is 11.3. The maximum Gasteiger partial charge on any atom is 0.438 e. The second-order valence-electron chi connectivity index (χ2n) is 5.58. The van der Waals surface area contributed by atoms with E-state index in [9.17, 15) is 15.3 Å².